The molecule has 0 aliphatic carbocycles. The van der Waals surface area contributed by atoms with Crippen molar-refractivity contribution in [2.75, 3.05) is 19.0 Å². The number of halogens is 6. The zero-order valence-corrected chi connectivity index (χ0v) is 27.9. The third-order valence-corrected chi connectivity index (χ3v) is 7.78. The molecule has 2 heterocycles. The van der Waals surface area contributed by atoms with E-state index < -0.39 is 42.2 Å². The van der Waals surface area contributed by atoms with E-state index in [-0.39, 0.29) is 18.9 Å². The summed E-state index contributed by atoms with van der Waals surface area (Å²) in [7, 11) is 4.04. The Morgan fingerprint density at radius 2 is 1.31 bits per heavy atom. The fourth-order valence-electron chi connectivity index (χ4n) is 5.42. The molecule has 0 fully saturated rings. The summed E-state index contributed by atoms with van der Waals surface area (Å²) in [5.41, 5.74) is 6.74. The van der Waals surface area contributed by atoms with Crippen LogP contribution >= 0.6 is 0 Å². The first-order valence-electron chi connectivity index (χ1n) is 15.3. The monoisotopic (exact) mass is 736 g/mol. The average molecular weight is 737 g/mol. The van der Waals surface area contributed by atoms with Crippen LogP contribution in [-0.2, 0) is 38.7 Å². The normalized spacial score (nSPS) is 13.9. The minimum Gasteiger partial charge on any atom is -0.480 e. The lowest BCUT2D eigenvalue weighted by atomic mass is 9.88. The average Bonchev–Trinajstić information content (AvgIpc) is 3.46. The Bertz CT molecular complexity index is 1800. The van der Waals surface area contributed by atoms with E-state index in [9.17, 15) is 41.0 Å². The van der Waals surface area contributed by atoms with Crippen LogP contribution < -0.4 is 4.90 Å². The maximum atomic E-state index is 14.1. The smallest absolute Gasteiger partial charge is 0.480 e. The van der Waals surface area contributed by atoms with Gasteiger partial charge in [0.25, 0.3) is 0 Å². The highest BCUT2D eigenvalue weighted by Crippen LogP contribution is 2.32. The van der Waals surface area contributed by atoms with E-state index in [1.54, 1.807) is 6.33 Å². The number of carboxylic acids is 3. The zero-order chi connectivity index (χ0) is 39.0. The van der Waals surface area contributed by atoms with Gasteiger partial charge < -0.3 is 29.7 Å². The molecule has 0 radical (unpaired) electrons. The molecule has 1 atom stereocenters. The molecule has 3 aromatic carbocycles. The van der Waals surface area contributed by atoms with Gasteiger partial charge in [0.1, 0.15) is 6.04 Å². The highest BCUT2D eigenvalue weighted by molar-refractivity contribution is 5.91. The van der Waals surface area contributed by atoms with Gasteiger partial charge in [-0.25, -0.2) is 19.4 Å². The number of alkyl halides is 6. The predicted octanol–water partition coefficient (Wildman–Crippen LogP) is 5.74. The van der Waals surface area contributed by atoms with Crippen LogP contribution in [0.4, 0.5) is 32.0 Å². The van der Waals surface area contributed by atoms with Crippen LogP contribution in [0.15, 0.2) is 85.2 Å². The molecule has 0 unspecified atom stereocenters. The number of aromatic nitrogens is 2. The predicted molar refractivity (Wildman–Crippen MR) is 175 cm³/mol. The van der Waals surface area contributed by atoms with Crippen molar-refractivity contribution in [3.05, 3.63) is 119 Å². The van der Waals surface area contributed by atoms with Crippen molar-refractivity contribution in [3.8, 4) is 0 Å². The number of carbonyl (C=O) groups excluding carboxylic acids is 1. The van der Waals surface area contributed by atoms with Gasteiger partial charge in [-0.3, -0.25) is 4.79 Å². The molecule has 1 aliphatic rings. The van der Waals surface area contributed by atoms with Gasteiger partial charge in [0.2, 0.25) is 5.91 Å². The van der Waals surface area contributed by atoms with Gasteiger partial charge in [-0.1, -0.05) is 72.8 Å². The van der Waals surface area contributed by atoms with E-state index in [1.807, 2.05) is 79.3 Å². The number of hydrogen-bond donors (Lipinski definition) is 3. The minimum absolute atomic E-state index is 0.160. The number of imidazole rings is 1. The number of hydrogen-bond acceptors (Lipinski definition) is 6. The molecule has 1 aromatic heterocycles. The molecule has 1 aliphatic heterocycles. The molecule has 52 heavy (non-hydrogen) atoms. The van der Waals surface area contributed by atoms with Crippen molar-refractivity contribution in [2.24, 2.45) is 0 Å². The summed E-state index contributed by atoms with van der Waals surface area (Å²) < 4.78 is 65.5. The Balaban J connectivity index is 0.000000441. The molecule has 5 rings (SSSR count). The number of rotatable bonds is 7. The Labute approximate surface area is 293 Å². The first-order chi connectivity index (χ1) is 24.2. The lowest BCUT2D eigenvalue weighted by molar-refractivity contribution is -0.193. The first-order valence-corrected chi connectivity index (χ1v) is 15.3. The highest BCUT2D eigenvalue weighted by Gasteiger charge is 2.41. The Kier molecular flexibility index (Phi) is 13.2. The number of nitrogens with zero attached hydrogens (tertiary/aromatic N) is 4. The second-order valence-electron chi connectivity index (χ2n) is 11.7. The second-order valence-corrected chi connectivity index (χ2v) is 11.7. The van der Waals surface area contributed by atoms with Crippen molar-refractivity contribution < 1.29 is 60.8 Å². The standard InChI is InChI=1S/C31H32N4O3.2C2HF3O2/c1-21-16-22(14-15-26(21)33(2)3)18-34-20-32-25-19-35(28(31(37)38)17-27(25)34)30(36)29(23-10-6-4-7-11-23)24-12-8-5-9-13-24;2*3-2(4,5)1(6)7/h4-16,20,28-29H,17-19H2,1-3H3,(H,37,38);2*(H,6,7)/t28-;;/m1../s1. The van der Waals surface area contributed by atoms with Crippen molar-refractivity contribution in [1.82, 2.24) is 14.5 Å². The summed E-state index contributed by atoms with van der Waals surface area (Å²) in [4.78, 5) is 52.5. The van der Waals surface area contributed by atoms with Gasteiger partial charge in [-0.2, -0.15) is 26.3 Å². The van der Waals surface area contributed by atoms with Crippen molar-refractivity contribution in [1.29, 1.82) is 0 Å². The largest absolute Gasteiger partial charge is 0.490 e. The van der Waals surface area contributed by atoms with E-state index >= 15 is 0 Å². The SMILES string of the molecule is Cc1cc(Cn2cnc3c2C[C@H](C(=O)O)N(C(=O)C(c2ccccc2)c2ccccc2)C3)ccc1N(C)C.O=C(O)C(F)(F)F.O=C(O)C(F)(F)F. The van der Waals surface area contributed by atoms with Crippen LogP contribution in [0.5, 0.6) is 0 Å². The van der Waals surface area contributed by atoms with E-state index in [0.29, 0.717) is 6.54 Å². The zero-order valence-electron chi connectivity index (χ0n) is 27.9. The van der Waals surface area contributed by atoms with Gasteiger partial charge >= 0.3 is 30.3 Å². The number of aliphatic carboxylic acids is 3. The van der Waals surface area contributed by atoms with Crippen LogP contribution in [0.1, 0.15) is 39.6 Å². The van der Waals surface area contributed by atoms with Gasteiger partial charge in [0.15, 0.2) is 0 Å². The van der Waals surface area contributed by atoms with Crippen LogP contribution in [-0.4, -0.2) is 86.1 Å². The molecule has 3 N–H and O–H groups in total. The van der Waals surface area contributed by atoms with Crippen molar-refractivity contribution >= 4 is 29.5 Å². The summed E-state index contributed by atoms with van der Waals surface area (Å²) in [5.74, 6) is -7.35. The third-order valence-electron chi connectivity index (χ3n) is 7.78. The number of amides is 1. The lowest BCUT2D eigenvalue weighted by Crippen LogP contribution is -2.50. The van der Waals surface area contributed by atoms with E-state index in [0.717, 1.165) is 33.8 Å². The number of carboxylic acid groups (broad SMARTS) is 3. The molecule has 11 nitrogen and oxygen atoms in total. The van der Waals surface area contributed by atoms with Crippen LogP contribution in [0.2, 0.25) is 0 Å². The second kappa shape index (κ2) is 16.9. The molecule has 17 heteroatoms. The van der Waals surface area contributed by atoms with Crippen LogP contribution in [0.3, 0.4) is 0 Å². The summed E-state index contributed by atoms with van der Waals surface area (Å²) in [6, 6.07) is 24.4. The molecule has 0 saturated carbocycles. The van der Waals surface area contributed by atoms with Crippen LogP contribution in [0.25, 0.3) is 0 Å². The topological polar surface area (TPSA) is 153 Å². The van der Waals surface area contributed by atoms with E-state index in [1.165, 1.54) is 10.5 Å². The summed E-state index contributed by atoms with van der Waals surface area (Å²) in [5, 5.41) is 24.5. The molecule has 1 amide bonds. The molecule has 4 aromatic rings. The third kappa shape index (κ3) is 10.6. The molecular weight excluding hydrogens is 702 g/mol. The fourth-order valence-corrected chi connectivity index (χ4v) is 5.42. The fraction of sp³-hybridized carbons (Fsp3) is 0.286. The van der Waals surface area contributed by atoms with E-state index in [4.69, 9.17) is 19.8 Å². The maximum Gasteiger partial charge on any atom is 0.490 e. The van der Waals surface area contributed by atoms with Crippen molar-refractivity contribution in [2.45, 2.75) is 50.7 Å². The lowest BCUT2D eigenvalue weighted by Gasteiger charge is -2.35. The summed E-state index contributed by atoms with van der Waals surface area (Å²) in [6.45, 7) is 2.84. The minimum atomic E-state index is -5.08. The molecule has 0 bridgehead atoms. The van der Waals surface area contributed by atoms with E-state index in [2.05, 4.69) is 35.0 Å². The number of aryl methyl sites for hydroxylation is 1. The summed E-state index contributed by atoms with van der Waals surface area (Å²) >= 11 is 0. The van der Waals surface area contributed by atoms with Crippen molar-refractivity contribution in [3.63, 3.8) is 0 Å². The Morgan fingerprint density at radius 1 is 0.827 bits per heavy atom. The molecule has 278 valence electrons. The first kappa shape index (κ1) is 40.6. The molecular formula is C35H34F6N4O7. The van der Waals surface area contributed by atoms with Gasteiger partial charge in [0.05, 0.1) is 24.5 Å². The number of benzene rings is 3. The quantitative estimate of drug-likeness (QED) is 0.202. The van der Waals surface area contributed by atoms with Crippen LogP contribution in [0, 0.1) is 6.92 Å². The number of anilines is 1. The van der Waals surface area contributed by atoms with Gasteiger partial charge in [-0.05, 0) is 35.2 Å². The number of fused-ring (bicyclic) bond motifs is 1. The highest BCUT2D eigenvalue weighted by atomic mass is 19.4. The molecule has 0 saturated heterocycles. The maximum absolute atomic E-state index is 14.1. The summed E-state index contributed by atoms with van der Waals surface area (Å²) in [6.07, 6.45) is -8.19. The number of carbonyl (C=O) groups is 4. The molecule has 0 spiro atoms. The van der Waals surface area contributed by atoms with Gasteiger partial charge in [0, 0.05) is 38.4 Å². The Hall–Kier alpha value is -5.87. The Morgan fingerprint density at radius 3 is 1.71 bits per heavy atom. The van der Waals surface area contributed by atoms with Gasteiger partial charge in [-0.15, -0.1) is 0 Å².